The molecule has 0 radical (unpaired) electrons. The van der Waals surface area contributed by atoms with Crippen LogP contribution in [0.2, 0.25) is 0 Å². The lowest BCUT2D eigenvalue weighted by Crippen LogP contribution is -2.12. The molecule has 10 heteroatoms. The molecule has 0 saturated heterocycles. The lowest BCUT2D eigenvalue weighted by molar-refractivity contribution is -0.159. The molecule has 0 fully saturated rings. The number of para-hydroxylation sites is 2. The van der Waals surface area contributed by atoms with Crippen LogP contribution in [0.4, 0.5) is 0 Å². The Kier molecular flexibility index (Phi) is 11.8. The molecule has 0 saturated carbocycles. The van der Waals surface area contributed by atoms with Gasteiger partial charge in [-0.1, -0.05) is 98.3 Å². The van der Waals surface area contributed by atoms with Crippen LogP contribution >= 0.6 is 22.7 Å². The number of aryl methyl sites for hydroxylation is 2. The molecule has 2 aromatic heterocycles. The summed E-state index contributed by atoms with van der Waals surface area (Å²) in [5.74, 6) is -3.65. The second kappa shape index (κ2) is 15.2. The number of nitrogens with zero attached hydrogens (tertiary/aromatic N) is 2. The van der Waals surface area contributed by atoms with E-state index in [4.69, 9.17) is 30.6 Å². The number of rotatable bonds is 13. The minimum Gasteiger partial charge on any atom is -0.473 e. The molecule has 0 bridgehead atoms. The summed E-state index contributed by atoms with van der Waals surface area (Å²) in [6, 6.07) is 16.8. The summed E-state index contributed by atoms with van der Waals surface area (Å²) < 4.78 is 6.78. The van der Waals surface area contributed by atoms with Crippen molar-refractivity contribution in [3.63, 3.8) is 0 Å². The third-order valence-corrected chi connectivity index (χ3v) is 8.37. The Morgan fingerprint density at radius 3 is 1.24 bits per heavy atom. The van der Waals surface area contributed by atoms with Crippen molar-refractivity contribution in [3.05, 3.63) is 58.1 Å². The van der Waals surface area contributed by atoms with Crippen LogP contribution in [0.5, 0.6) is 0 Å². The topological polar surface area (TPSA) is 132 Å². The van der Waals surface area contributed by atoms with Gasteiger partial charge in [-0.3, -0.25) is 10.8 Å². The van der Waals surface area contributed by atoms with Gasteiger partial charge in [0.05, 0.1) is 20.4 Å². The summed E-state index contributed by atoms with van der Waals surface area (Å²) in [5, 5.41) is 31.2. The molecule has 0 amide bonds. The molecule has 4 aromatic rings. The van der Waals surface area contributed by atoms with Crippen molar-refractivity contribution in [1.29, 1.82) is 10.8 Å². The maximum absolute atomic E-state index is 9.10. The Balaban J connectivity index is 0.000000599. The minimum absolute atomic E-state index is 0.677. The van der Waals surface area contributed by atoms with E-state index in [1.807, 2.05) is 0 Å². The van der Waals surface area contributed by atoms with Gasteiger partial charge in [0.15, 0.2) is 9.60 Å². The largest absolute Gasteiger partial charge is 0.473 e. The zero-order chi connectivity index (χ0) is 27.3. The zero-order valence-corrected chi connectivity index (χ0v) is 23.2. The average molecular weight is 557 g/mol. The summed E-state index contributed by atoms with van der Waals surface area (Å²) in [4.78, 5) is 19.6. The van der Waals surface area contributed by atoms with Crippen molar-refractivity contribution < 1.29 is 19.8 Å². The van der Waals surface area contributed by atoms with Crippen LogP contribution in [0, 0.1) is 10.8 Å². The van der Waals surface area contributed by atoms with Crippen LogP contribution in [0.1, 0.15) is 64.2 Å². The third kappa shape index (κ3) is 8.66. The Morgan fingerprint density at radius 1 is 0.579 bits per heavy atom. The molecule has 2 heterocycles. The van der Waals surface area contributed by atoms with Crippen molar-refractivity contribution >= 4 is 55.0 Å². The van der Waals surface area contributed by atoms with Crippen LogP contribution in [0.3, 0.4) is 0 Å². The van der Waals surface area contributed by atoms with Crippen molar-refractivity contribution in [3.8, 4) is 0 Å². The van der Waals surface area contributed by atoms with Crippen molar-refractivity contribution in [2.24, 2.45) is 0 Å². The SMILES string of the molecule is N=c1sc2ccccc2n1CCCCCCCCCCCCn1c(=N)sc2ccccc21.O=C(O)C(=O)O. The number of thiazole rings is 2. The predicted octanol–water partition coefficient (Wildman–Crippen LogP) is 6.43. The first-order valence-electron chi connectivity index (χ1n) is 13.1. The highest BCUT2D eigenvalue weighted by atomic mass is 32.1. The predicted molar refractivity (Wildman–Crippen MR) is 153 cm³/mol. The van der Waals surface area contributed by atoms with Gasteiger partial charge in [0.2, 0.25) is 0 Å². The minimum atomic E-state index is -1.82. The van der Waals surface area contributed by atoms with Gasteiger partial charge in [0.1, 0.15) is 0 Å². The fourth-order valence-electron chi connectivity index (χ4n) is 4.47. The van der Waals surface area contributed by atoms with E-state index in [-0.39, 0.29) is 0 Å². The van der Waals surface area contributed by atoms with E-state index in [9.17, 15) is 0 Å². The number of aliphatic carboxylic acids is 2. The van der Waals surface area contributed by atoms with Gasteiger partial charge in [-0.15, -0.1) is 0 Å². The lowest BCUT2D eigenvalue weighted by Gasteiger charge is -2.06. The molecule has 2 aromatic carbocycles. The van der Waals surface area contributed by atoms with E-state index < -0.39 is 11.9 Å². The van der Waals surface area contributed by atoms with Crippen molar-refractivity contribution in [2.75, 3.05) is 0 Å². The Morgan fingerprint density at radius 2 is 0.895 bits per heavy atom. The molecule has 204 valence electrons. The van der Waals surface area contributed by atoms with Crippen LogP contribution in [-0.2, 0) is 22.7 Å². The summed E-state index contributed by atoms with van der Waals surface area (Å²) in [5.41, 5.74) is 2.43. The first-order chi connectivity index (χ1) is 18.4. The number of hydrogen-bond acceptors (Lipinski definition) is 6. The molecular formula is C28H36N4O4S2. The molecule has 38 heavy (non-hydrogen) atoms. The smallest absolute Gasteiger partial charge is 0.414 e. The molecule has 4 rings (SSSR count). The molecule has 0 aliphatic rings. The Bertz CT molecular complexity index is 1340. The number of unbranched alkanes of at least 4 members (excludes halogenated alkanes) is 9. The molecule has 0 aliphatic heterocycles. The van der Waals surface area contributed by atoms with Gasteiger partial charge in [-0.2, -0.15) is 0 Å². The monoisotopic (exact) mass is 556 g/mol. The Hall–Kier alpha value is -3.24. The van der Waals surface area contributed by atoms with Crippen LogP contribution in [0.15, 0.2) is 48.5 Å². The van der Waals surface area contributed by atoms with Gasteiger partial charge >= 0.3 is 11.9 Å². The van der Waals surface area contributed by atoms with Gasteiger partial charge < -0.3 is 19.3 Å². The molecular weight excluding hydrogens is 520 g/mol. The van der Waals surface area contributed by atoms with E-state index in [0.717, 1.165) is 13.1 Å². The molecule has 0 atom stereocenters. The highest BCUT2D eigenvalue weighted by molar-refractivity contribution is 7.16. The second-order valence-corrected chi connectivity index (χ2v) is 11.3. The van der Waals surface area contributed by atoms with E-state index in [2.05, 4.69) is 57.7 Å². The Labute approximate surface area is 229 Å². The van der Waals surface area contributed by atoms with E-state index >= 15 is 0 Å². The normalized spacial score (nSPS) is 10.9. The summed E-state index contributed by atoms with van der Waals surface area (Å²) >= 11 is 3.16. The lowest BCUT2D eigenvalue weighted by atomic mass is 10.1. The number of fused-ring (bicyclic) bond motifs is 2. The molecule has 8 nitrogen and oxygen atoms in total. The number of benzene rings is 2. The second-order valence-electron chi connectivity index (χ2n) is 9.20. The molecule has 0 aliphatic carbocycles. The summed E-state index contributed by atoms with van der Waals surface area (Å²) in [7, 11) is 0. The van der Waals surface area contributed by atoms with Gasteiger partial charge in [0, 0.05) is 13.1 Å². The standard InChI is InChI=1S/C26H34N4S2.C2H2O4/c27-25-29(21-15-9-11-17-23(21)31-25)19-13-7-5-3-1-2-4-6-8-14-20-30-22-16-10-12-18-24(22)32-26(30)28;3-1(4)2(5)6/h9-12,15-18,27-28H,1-8,13-14,19-20H2;(H,3,4)(H,5,6). The fourth-order valence-corrected chi connectivity index (χ4v) is 6.34. The maximum atomic E-state index is 9.10. The van der Waals surface area contributed by atoms with E-state index in [0.29, 0.717) is 9.60 Å². The third-order valence-electron chi connectivity index (χ3n) is 6.41. The van der Waals surface area contributed by atoms with Gasteiger partial charge in [-0.05, 0) is 37.1 Å². The number of carboxylic acids is 2. The quantitative estimate of drug-likeness (QED) is 0.111. The average Bonchev–Trinajstić information content (AvgIpc) is 3.39. The summed E-state index contributed by atoms with van der Waals surface area (Å²) in [6.07, 6.45) is 12.8. The first kappa shape index (κ1) is 29.3. The number of aromatic nitrogens is 2. The summed E-state index contributed by atoms with van der Waals surface area (Å²) in [6.45, 7) is 1.95. The molecule has 0 unspecified atom stereocenters. The van der Waals surface area contributed by atoms with Crippen LogP contribution in [-0.4, -0.2) is 31.3 Å². The first-order valence-corrected chi connectivity index (χ1v) is 14.7. The van der Waals surface area contributed by atoms with Crippen LogP contribution in [0.25, 0.3) is 20.4 Å². The number of hydrogen-bond donors (Lipinski definition) is 4. The zero-order valence-electron chi connectivity index (χ0n) is 21.5. The maximum Gasteiger partial charge on any atom is 0.414 e. The highest BCUT2D eigenvalue weighted by Gasteiger charge is 2.05. The van der Waals surface area contributed by atoms with E-state index in [1.165, 1.54) is 84.6 Å². The van der Waals surface area contributed by atoms with Crippen LogP contribution < -0.4 is 9.60 Å². The van der Waals surface area contributed by atoms with Crippen molar-refractivity contribution in [2.45, 2.75) is 77.3 Å². The number of carboxylic acid groups (broad SMARTS) is 2. The van der Waals surface area contributed by atoms with Gasteiger partial charge in [0.25, 0.3) is 0 Å². The number of nitrogens with one attached hydrogen (secondary N) is 2. The fraction of sp³-hybridized carbons (Fsp3) is 0.429. The van der Waals surface area contributed by atoms with Crippen molar-refractivity contribution in [1.82, 2.24) is 9.13 Å². The van der Waals surface area contributed by atoms with Gasteiger partial charge in [-0.25, -0.2) is 9.59 Å². The molecule has 4 N–H and O–H groups in total. The molecule has 0 spiro atoms. The number of carbonyl (C=O) groups is 2. The highest BCUT2D eigenvalue weighted by Crippen LogP contribution is 2.19. The van der Waals surface area contributed by atoms with E-state index in [1.54, 1.807) is 22.7 Å².